The molecule has 2 nitrogen and oxygen atoms in total. The van der Waals surface area contributed by atoms with Gasteiger partial charge in [-0.2, -0.15) is 0 Å². The number of esters is 1. The third-order valence-electron chi connectivity index (χ3n) is 1.11. The van der Waals surface area contributed by atoms with E-state index in [0.29, 0.717) is 4.61 Å². The SMILES string of the molecule is O=C(OCI)C1CC1. The van der Waals surface area contributed by atoms with E-state index in [0.717, 1.165) is 12.8 Å². The molecule has 1 saturated carbocycles. The van der Waals surface area contributed by atoms with Crippen molar-refractivity contribution in [3.63, 3.8) is 0 Å². The fourth-order valence-electron chi connectivity index (χ4n) is 0.491. The Hall–Kier alpha value is 0.200. The van der Waals surface area contributed by atoms with Crippen molar-refractivity contribution in [2.75, 3.05) is 4.61 Å². The molecular weight excluding hydrogens is 219 g/mol. The van der Waals surface area contributed by atoms with Gasteiger partial charge in [0.25, 0.3) is 0 Å². The van der Waals surface area contributed by atoms with Gasteiger partial charge in [0.2, 0.25) is 0 Å². The average Bonchev–Trinajstić information content (AvgIpc) is 2.45. The molecule has 0 atom stereocenters. The lowest BCUT2D eigenvalue weighted by Crippen LogP contribution is -2.03. The highest BCUT2D eigenvalue weighted by Gasteiger charge is 2.30. The number of rotatable bonds is 2. The number of ether oxygens (including phenoxy) is 1. The summed E-state index contributed by atoms with van der Waals surface area (Å²) in [4.78, 5) is 10.6. The minimum atomic E-state index is -0.0144. The largest absolute Gasteiger partial charge is 0.455 e. The van der Waals surface area contributed by atoms with Gasteiger partial charge in [0.15, 0.2) is 0 Å². The van der Waals surface area contributed by atoms with Crippen LogP contribution in [0.5, 0.6) is 0 Å². The van der Waals surface area contributed by atoms with Crippen molar-refractivity contribution >= 4 is 28.6 Å². The molecule has 0 spiro atoms. The predicted octanol–water partition coefficient (Wildman–Crippen LogP) is 1.33. The van der Waals surface area contributed by atoms with Gasteiger partial charge in [-0.05, 0) is 35.4 Å². The molecule has 3 heteroatoms. The first kappa shape index (κ1) is 6.32. The summed E-state index contributed by atoms with van der Waals surface area (Å²) in [5.41, 5.74) is 0. The Morgan fingerprint density at radius 2 is 2.38 bits per heavy atom. The van der Waals surface area contributed by atoms with E-state index in [1.54, 1.807) is 0 Å². The van der Waals surface area contributed by atoms with Gasteiger partial charge in [-0.25, -0.2) is 0 Å². The molecule has 1 fully saturated rings. The number of carbonyl (C=O) groups excluding carboxylic acids is 1. The van der Waals surface area contributed by atoms with Crippen LogP contribution in [0.3, 0.4) is 0 Å². The summed E-state index contributed by atoms with van der Waals surface area (Å²) >= 11 is 2.02. The zero-order valence-electron chi connectivity index (χ0n) is 4.39. The maximum Gasteiger partial charge on any atom is 0.309 e. The molecule has 0 radical (unpaired) electrons. The monoisotopic (exact) mass is 226 g/mol. The summed E-state index contributed by atoms with van der Waals surface area (Å²) < 4.78 is 5.21. The van der Waals surface area contributed by atoms with E-state index in [1.165, 1.54) is 0 Å². The van der Waals surface area contributed by atoms with Crippen LogP contribution in [-0.4, -0.2) is 10.6 Å². The number of carbonyl (C=O) groups is 1. The highest BCUT2D eigenvalue weighted by molar-refractivity contribution is 14.1. The van der Waals surface area contributed by atoms with Crippen molar-refractivity contribution in [2.45, 2.75) is 12.8 Å². The van der Waals surface area contributed by atoms with Gasteiger partial charge in [-0.1, -0.05) is 0 Å². The minimum absolute atomic E-state index is 0.0144. The maximum absolute atomic E-state index is 10.6. The van der Waals surface area contributed by atoms with Crippen molar-refractivity contribution in [3.05, 3.63) is 0 Å². The van der Waals surface area contributed by atoms with Crippen molar-refractivity contribution in [1.82, 2.24) is 0 Å². The van der Waals surface area contributed by atoms with Crippen LogP contribution in [0, 0.1) is 5.92 Å². The van der Waals surface area contributed by atoms with E-state index in [2.05, 4.69) is 0 Å². The average molecular weight is 226 g/mol. The van der Waals surface area contributed by atoms with Crippen molar-refractivity contribution in [3.8, 4) is 0 Å². The molecule has 1 rings (SSSR count). The molecule has 0 amide bonds. The van der Waals surface area contributed by atoms with Gasteiger partial charge in [0.05, 0.1) is 5.92 Å². The summed E-state index contributed by atoms with van der Waals surface area (Å²) in [5, 5.41) is 0. The van der Waals surface area contributed by atoms with Gasteiger partial charge in [-0.15, -0.1) is 0 Å². The Morgan fingerprint density at radius 3 is 2.75 bits per heavy atom. The zero-order chi connectivity index (χ0) is 5.98. The van der Waals surface area contributed by atoms with Crippen molar-refractivity contribution < 1.29 is 9.53 Å². The van der Waals surface area contributed by atoms with Crippen LogP contribution in [0.25, 0.3) is 0 Å². The quantitative estimate of drug-likeness (QED) is 0.403. The highest BCUT2D eigenvalue weighted by atomic mass is 127. The van der Waals surface area contributed by atoms with Gasteiger partial charge in [0.1, 0.15) is 4.61 Å². The molecule has 0 aromatic heterocycles. The Bertz CT molecular complexity index is 98.6. The van der Waals surface area contributed by atoms with Crippen LogP contribution in [0.4, 0.5) is 0 Å². The van der Waals surface area contributed by atoms with E-state index < -0.39 is 0 Å². The van der Waals surface area contributed by atoms with Gasteiger partial charge >= 0.3 is 5.97 Å². The van der Waals surface area contributed by atoms with Crippen LogP contribution in [0.2, 0.25) is 0 Å². The summed E-state index contributed by atoms with van der Waals surface area (Å²) in [6.07, 6.45) is 2.07. The molecule has 0 saturated heterocycles. The molecule has 0 aliphatic heterocycles. The molecule has 0 unspecified atom stereocenters. The van der Waals surface area contributed by atoms with Gasteiger partial charge < -0.3 is 4.74 Å². The first-order valence-electron chi connectivity index (χ1n) is 2.57. The lowest BCUT2D eigenvalue weighted by Gasteiger charge is -1.94. The number of alkyl halides is 1. The fourth-order valence-corrected chi connectivity index (χ4v) is 0.798. The number of hydrogen-bond donors (Lipinski definition) is 0. The van der Waals surface area contributed by atoms with Crippen LogP contribution in [0.15, 0.2) is 0 Å². The topological polar surface area (TPSA) is 26.3 Å². The molecule has 0 aromatic rings. The van der Waals surface area contributed by atoms with Gasteiger partial charge in [0, 0.05) is 0 Å². The molecule has 1 aliphatic rings. The van der Waals surface area contributed by atoms with E-state index in [1.807, 2.05) is 22.6 Å². The molecule has 0 heterocycles. The van der Waals surface area contributed by atoms with Crippen LogP contribution >= 0.6 is 22.6 Å². The van der Waals surface area contributed by atoms with Gasteiger partial charge in [-0.3, -0.25) is 4.79 Å². The normalized spacial score (nSPS) is 18.1. The van der Waals surface area contributed by atoms with E-state index in [4.69, 9.17) is 4.74 Å². The number of halogens is 1. The second-order valence-corrected chi connectivity index (χ2v) is 2.47. The second kappa shape index (κ2) is 2.66. The van der Waals surface area contributed by atoms with Crippen LogP contribution < -0.4 is 0 Å². The summed E-state index contributed by atoms with van der Waals surface area (Å²) in [5.74, 6) is 0.240. The lowest BCUT2D eigenvalue weighted by molar-refractivity contribution is -0.142. The number of hydrogen-bond acceptors (Lipinski definition) is 2. The summed E-state index contributed by atoms with van der Waals surface area (Å²) in [6, 6.07) is 0. The Labute approximate surface area is 61.7 Å². The van der Waals surface area contributed by atoms with E-state index in [9.17, 15) is 4.79 Å². The molecule has 8 heavy (non-hydrogen) atoms. The van der Waals surface area contributed by atoms with Crippen LogP contribution in [-0.2, 0) is 9.53 Å². The van der Waals surface area contributed by atoms with Crippen molar-refractivity contribution in [2.24, 2.45) is 5.92 Å². The summed E-state index contributed by atoms with van der Waals surface area (Å²) in [6.45, 7) is 0. The third-order valence-corrected chi connectivity index (χ3v) is 1.42. The minimum Gasteiger partial charge on any atom is -0.455 e. The third kappa shape index (κ3) is 1.61. The first-order chi connectivity index (χ1) is 3.84. The van der Waals surface area contributed by atoms with E-state index in [-0.39, 0.29) is 11.9 Å². The Balaban J connectivity index is 2.13. The van der Waals surface area contributed by atoms with Crippen LogP contribution in [0.1, 0.15) is 12.8 Å². The highest BCUT2D eigenvalue weighted by Crippen LogP contribution is 2.30. The zero-order valence-corrected chi connectivity index (χ0v) is 6.55. The molecule has 0 N–H and O–H groups in total. The molecule has 1 aliphatic carbocycles. The first-order valence-corrected chi connectivity index (χ1v) is 4.09. The maximum atomic E-state index is 10.6. The Kier molecular flexibility index (Phi) is 2.10. The molecular formula is C5H7IO2. The lowest BCUT2D eigenvalue weighted by atomic mass is 10.4. The van der Waals surface area contributed by atoms with E-state index >= 15 is 0 Å². The smallest absolute Gasteiger partial charge is 0.309 e. The predicted molar refractivity (Wildman–Crippen MR) is 37.7 cm³/mol. The second-order valence-electron chi connectivity index (χ2n) is 1.85. The standard InChI is InChI=1S/C5H7IO2/c6-3-8-5(7)4-1-2-4/h4H,1-3H2. The summed E-state index contributed by atoms with van der Waals surface area (Å²) in [7, 11) is 0. The van der Waals surface area contributed by atoms with Crippen molar-refractivity contribution in [1.29, 1.82) is 0 Å². The fraction of sp³-hybridized carbons (Fsp3) is 0.800. The Morgan fingerprint density at radius 1 is 1.75 bits per heavy atom. The molecule has 0 bridgehead atoms. The molecule has 46 valence electrons. The molecule has 0 aromatic carbocycles.